The maximum atomic E-state index is 12.5. The molecule has 2 aliphatic heterocycles. The van der Waals surface area contributed by atoms with E-state index in [1.165, 1.54) is 4.90 Å². The van der Waals surface area contributed by atoms with E-state index in [4.69, 9.17) is 9.47 Å². The van der Waals surface area contributed by atoms with Crippen LogP contribution < -0.4 is 14.8 Å². The number of ether oxygens (including phenoxy) is 2. The number of likely N-dealkylation sites (tertiary alicyclic amines) is 1. The summed E-state index contributed by atoms with van der Waals surface area (Å²) >= 11 is 0. The normalized spacial score (nSPS) is 20.0. The minimum Gasteiger partial charge on any atom is -0.493 e. The van der Waals surface area contributed by atoms with Crippen LogP contribution in [-0.2, 0) is 13.0 Å². The minimum atomic E-state index is -4.18. The number of carbonyl (C=O) groups excluding carboxylic acids is 1. The zero-order chi connectivity index (χ0) is 20.3. The Morgan fingerprint density at radius 2 is 1.86 bits per heavy atom. The van der Waals surface area contributed by atoms with Crippen LogP contribution in [0, 0.1) is 5.92 Å². The van der Waals surface area contributed by atoms with E-state index >= 15 is 0 Å². The Hall–Kier alpha value is -2.16. The third-order valence-corrected chi connectivity index (χ3v) is 5.32. The molecule has 2 aliphatic rings. The van der Waals surface area contributed by atoms with Crippen molar-refractivity contribution in [2.45, 2.75) is 25.6 Å². The second-order valence-electron chi connectivity index (χ2n) is 7.34. The van der Waals surface area contributed by atoms with Gasteiger partial charge < -0.3 is 19.7 Å². The fourth-order valence-electron chi connectivity index (χ4n) is 3.88. The van der Waals surface area contributed by atoms with Crippen molar-refractivity contribution in [2.24, 2.45) is 5.92 Å². The Balaban J connectivity index is 1.51. The van der Waals surface area contributed by atoms with E-state index in [9.17, 15) is 18.0 Å². The van der Waals surface area contributed by atoms with Crippen LogP contribution in [0.5, 0.6) is 11.5 Å². The van der Waals surface area contributed by atoms with Crippen molar-refractivity contribution in [3.8, 4) is 11.5 Å². The molecule has 1 aromatic rings. The molecule has 1 unspecified atom stereocenters. The predicted octanol–water partition coefficient (Wildman–Crippen LogP) is 2.66. The molecule has 1 N–H and O–H groups in total. The number of methoxy groups -OCH3 is 2. The molecule has 2 amide bonds. The fraction of sp³-hybridized carbons (Fsp3) is 0.632. The van der Waals surface area contributed by atoms with Gasteiger partial charge in [0.05, 0.1) is 20.8 Å². The third-order valence-electron chi connectivity index (χ3n) is 5.32. The van der Waals surface area contributed by atoms with Gasteiger partial charge in [-0.15, -0.1) is 0 Å². The highest BCUT2D eigenvalue weighted by Crippen LogP contribution is 2.33. The largest absolute Gasteiger partial charge is 0.493 e. The summed E-state index contributed by atoms with van der Waals surface area (Å²) in [5.74, 6) is 1.34. The highest BCUT2D eigenvalue weighted by molar-refractivity contribution is 5.74. The number of hydrogen-bond donors (Lipinski definition) is 1. The number of fused-ring (bicyclic) bond motifs is 1. The molecule has 9 heteroatoms. The van der Waals surface area contributed by atoms with Crippen molar-refractivity contribution >= 4 is 6.03 Å². The number of hydrogen-bond acceptors (Lipinski definition) is 4. The molecule has 0 aliphatic carbocycles. The standard InChI is InChI=1S/C19H26F3N3O3/c1-27-16-7-14-4-6-25(11-15(14)8-17(16)28-2)18(26)23-9-13-3-5-24(10-13)12-19(20,21)22/h7-8,13H,3-6,9-12H2,1-2H3,(H,23,26). The van der Waals surface area contributed by atoms with Crippen molar-refractivity contribution < 1.29 is 27.4 Å². The average Bonchev–Trinajstić information content (AvgIpc) is 3.09. The average molecular weight is 401 g/mol. The summed E-state index contributed by atoms with van der Waals surface area (Å²) in [5.41, 5.74) is 2.14. The summed E-state index contributed by atoms with van der Waals surface area (Å²) in [6, 6.07) is 3.64. The summed E-state index contributed by atoms with van der Waals surface area (Å²) in [7, 11) is 3.16. The van der Waals surface area contributed by atoms with E-state index in [1.54, 1.807) is 19.1 Å². The van der Waals surface area contributed by atoms with Gasteiger partial charge in [0.1, 0.15) is 0 Å². The lowest BCUT2D eigenvalue weighted by Gasteiger charge is -2.30. The number of amides is 2. The van der Waals surface area contributed by atoms with Crippen LogP contribution in [0.2, 0.25) is 0 Å². The molecule has 3 rings (SSSR count). The first-order valence-corrected chi connectivity index (χ1v) is 9.34. The molecule has 0 bridgehead atoms. The van der Waals surface area contributed by atoms with E-state index in [2.05, 4.69) is 5.32 Å². The second kappa shape index (κ2) is 8.46. The molecule has 0 saturated carbocycles. The molecule has 2 heterocycles. The van der Waals surface area contributed by atoms with Crippen molar-refractivity contribution in [1.82, 2.24) is 15.1 Å². The molecule has 0 spiro atoms. The Morgan fingerprint density at radius 1 is 1.18 bits per heavy atom. The molecular weight excluding hydrogens is 375 g/mol. The van der Waals surface area contributed by atoms with Gasteiger partial charge in [0.2, 0.25) is 0 Å². The van der Waals surface area contributed by atoms with E-state index < -0.39 is 12.7 Å². The summed E-state index contributed by atoms with van der Waals surface area (Å²) in [5, 5.41) is 2.88. The number of nitrogens with one attached hydrogen (secondary N) is 1. The summed E-state index contributed by atoms with van der Waals surface area (Å²) in [6.45, 7) is 1.33. The zero-order valence-electron chi connectivity index (χ0n) is 16.1. The number of alkyl halides is 3. The molecule has 1 fully saturated rings. The first kappa shape index (κ1) is 20.6. The molecule has 0 aromatic heterocycles. The fourth-order valence-corrected chi connectivity index (χ4v) is 3.88. The van der Waals surface area contributed by atoms with Gasteiger partial charge in [-0.25, -0.2) is 4.79 Å². The van der Waals surface area contributed by atoms with Crippen molar-refractivity contribution in [2.75, 3.05) is 46.9 Å². The van der Waals surface area contributed by atoms with Gasteiger partial charge in [0.25, 0.3) is 0 Å². The first-order valence-electron chi connectivity index (χ1n) is 9.34. The van der Waals surface area contributed by atoms with E-state index in [-0.39, 0.29) is 11.9 Å². The number of urea groups is 1. The highest BCUT2D eigenvalue weighted by Gasteiger charge is 2.34. The Labute approximate surface area is 162 Å². The van der Waals surface area contributed by atoms with E-state index in [0.29, 0.717) is 57.1 Å². The first-order chi connectivity index (χ1) is 13.3. The number of carbonyl (C=O) groups is 1. The predicted molar refractivity (Wildman–Crippen MR) is 97.7 cm³/mol. The van der Waals surface area contributed by atoms with Gasteiger partial charge in [-0.2, -0.15) is 13.2 Å². The SMILES string of the molecule is COc1cc2c(cc1OC)CN(C(=O)NCC1CCN(CC(F)(F)F)C1)CC2. The summed E-state index contributed by atoms with van der Waals surface area (Å²) in [6.07, 6.45) is -2.80. The smallest absolute Gasteiger partial charge is 0.401 e. The maximum Gasteiger partial charge on any atom is 0.401 e. The third kappa shape index (κ3) is 5.01. The van der Waals surface area contributed by atoms with Gasteiger partial charge in [-0.05, 0) is 48.6 Å². The van der Waals surface area contributed by atoms with Crippen molar-refractivity contribution in [3.63, 3.8) is 0 Å². The Morgan fingerprint density at radius 3 is 2.50 bits per heavy atom. The van der Waals surface area contributed by atoms with Crippen LogP contribution in [0.15, 0.2) is 12.1 Å². The van der Waals surface area contributed by atoms with Gasteiger partial charge in [-0.3, -0.25) is 4.90 Å². The van der Waals surface area contributed by atoms with Crippen LogP contribution in [0.3, 0.4) is 0 Å². The lowest BCUT2D eigenvalue weighted by Crippen LogP contribution is -2.44. The lowest BCUT2D eigenvalue weighted by molar-refractivity contribution is -0.143. The Kier molecular flexibility index (Phi) is 6.22. The Bertz CT molecular complexity index is 712. The molecule has 0 radical (unpaired) electrons. The molecule has 1 saturated heterocycles. The molecular formula is C19H26F3N3O3. The van der Waals surface area contributed by atoms with Crippen LogP contribution in [0.1, 0.15) is 17.5 Å². The minimum absolute atomic E-state index is 0.0488. The quantitative estimate of drug-likeness (QED) is 0.824. The monoisotopic (exact) mass is 401 g/mol. The van der Waals surface area contributed by atoms with Gasteiger partial charge in [0, 0.05) is 26.2 Å². The molecule has 28 heavy (non-hydrogen) atoms. The van der Waals surface area contributed by atoms with Gasteiger partial charge in [0.15, 0.2) is 11.5 Å². The molecule has 1 atom stereocenters. The summed E-state index contributed by atoms with van der Waals surface area (Å²) in [4.78, 5) is 15.6. The van der Waals surface area contributed by atoms with Crippen molar-refractivity contribution in [3.05, 3.63) is 23.3 Å². The zero-order valence-corrected chi connectivity index (χ0v) is 16.1. The van der Waals surface area contributed by atoms with Crippen LogP contribution >= 0.6 is 0 Å². The number of benzene rings is 1. The molecule has 6 nitrogen and oxygen atoms in total. The van der Waals surface area contributed by atoms with Crippen LogP contribution in [0.25, 0.3) is 0 Å². The van der Waals surface area contributed by atoms with Gasteiger partial charge in [-0.1, -0.05) is 0 Å². The second-order valence-corrected chi connectivity index (χ2v) is 7.34. The van der Waals surface area contributed by atoms with Crippen molar-refractivity contribution in [1.29, 1.82) is 0 Å². The number of rotatable bonds is 5. The number of nitrogens with zero attached hydrogens (tertiary/aromatic N) is 2. The maximum absolute atomic E-state index is 12.5. The van der Waals surface area contributed by atoms with Crippen LogP contribution in [0.4, 0.5) is 18.0 Å². The number of halogens is 3. The van der Waals surface area contributed by atoms with E-state index in [1.807, 2.05) is 12.1 Å². The molecule has 156 valence electrons. The van der Waals surface area contributed by atoms with E-state index in [0.717, 1.165) is 11.1 Å². The van der Waals surface area contributed by atoms with Gasteiger partial charge >= 0.3 is 12.2 Å². The topological polar surface area (TPSA) is 54.0 Å². The van der Waals surface area contributed by atoms with Crippen LogP contribution in [-0.4, -0.2) is 69.0 Å². The highest BCUT2D eigenvalue weighted by atomic mass is 19.4. The summed E-state index contributed by atoms with van der Waals surface area (Å²) < 4.78 is 48.1. The molecule has 1 aromatic carbocycles. The lowest BCUT2D eigenvalue weighted by atomic mass is 9.99.